The van der Waals surface area contributed by atoms with E-state index in [1.807, 2.05) is 23.8 Å². The number of para-hydroxylation sites is 1. The molecule has 0 aliphatic rings. The minimum Gasteiger partial charge on any atom is -0.323 e. The number of imidazole rings is 1. The van der Waals surface area contributed by atoms with E-state index < -0.39 is 0 Å². The van der Waals surface area contributed by atoms with Gasteiger partial charge >= 0.3 is 0 Å². The molecular formula is C12H13Cl2N3. The lowest BCUT2D eigenvalue weighted by Gasteiger charge is -2.10. The Morgan fingerprint density at radius 1 is 1.29 bits per heavy atom. The number of hydrogen-bond donors (Lipinski definition) is 1. The van der Waals surface area contributed by atoms with E-state index in [0.29, 0.717) is 15.7 Å². The fourth-order valence-electron chi connectivity index (χ4n) is 1.62. The van der Waals surface area contributed by atoms with E-state index in [0.717, 1.165) is 18.2 Å². The molecule has 1 N–H and O–H groups in total. The van der Waals surface area contributed by atoms with Crippen molar-refractivity contribution in [2.75, 3.05) is 5.32 Å². The van der Waals surface area contributed by atoms with Gasteiger partial charge in [0.05, 0.1) is 21.4 Å². The van der Waals surface area contributed by atoms with Crippen molar-refractivity contribution in [3.8, 4) is 0 Å². The average Bonchev–Trinajstić information content (AvgIpc) is 2.64. The first-order chi connectivity index (χ1) is 8.11. The minimum atomic E-state index is 0.584. The van der Waals surface area contributed by atoms with Gasteiger partial charge in [0.2, 0.25) is 5.95 Å². The molecule has 1 heterocycles. The number of benzene rings is 1. The Morgan fingerprint density at radius 2 is 1.94 bits per heavy atom. The van der Waals surface area contributed by atoms with E-state index in [1.165, 1.54) is 0 Å². The lowest BCUT2D eigenvalue weighted by molar-refractivity contribution is 0.771. The van der Waals surface area contributed by atoms with E-state index in [4.69, 9.17) is 23.2 Å². The van der Waals surface area contributed by atoms with Gasteiger partial charge in [0, 0.05) is 12.7 Å². The zero-order chi connectivity index (χ0) is 12.4. The first-order valence-corrected chi connectivity index (χ1v) is 6.12. The monoisotopic (exact) mass is 269 g/mol. The van der Waals surface area contributed by atoms with Gasteiger partial charge in [0.25, 0.3) is 0 Å². The molecule has 3 nitrogen and oxygen atoms in total. The third-order valence-electron chi connectivity index (χ3n) is 2.44. The van der Waals surface area contributed by atoms with Crippen molar-refractivity contribution < 1.29 is 0 Å². The van der Waals surface area contributed by atoms with Crippen molar-refractivity contribution in [3.05, 3.63) is 40.1 Å². The second-order valence-electron chi connectivity index (χ2n) is 3.71. The predicted octanol–water partition coefficient (Wildman–Crippen LogP) is 4.26. The Balaban J connectivity index is 2.37. The molecule has 0 saturated carbocycles. The van der Waals surface area contributed by atoms with Crippen LogP contribution in [-0.4, -0.2) is 9.55 Å². The lowest BCUT2D eigenvalue weighted by Crippen LogP contribution is -2.02. The average molecular weight is 270 g/mol. The van der Waals surface area contributed by atoms with Crippen LogP contribution in [0, 0.1) is 6.92 Å². The highest BCUT2D eigenvalue weighted by Gasteiger charge is 2.09. The maximum absolute atomic E-state index is 6.10. The van der Waals surface area contributed by atoms with Gasteiger partial charge < -0.3 is 9.88 Å². The summed E-state index contributed by atoms with van der Waals surface area (Å²) >= 11 is 12.2. The van der Waals surface area contributed by atoms with Gasteiger partial charge in [-0.2, -0.15) is 0 Å². The number of rotatable bonds is 3. The Kier molecular flexibility index (Phi) is 3.60. The van der Waals surface area contributed by atoms with Crippen molar-refractivity contribution in [1.29, 1.82) is 0 Å². The molecule has 0 saturated heterocycles. The summed E-state index contributed by atoms with van der Waals surface area (Å²) in [6.07, 6.45) is 1.98. The highest BCUT2D eigenvalue weighted by atomic mass is 35.5. The summed E-state index contributed by atoms with van der Waals surface area (Å²) in [7, 11) is 0. The Hall–Kier alpha value is -1.19. The van der Waals surface area contributed by atoms with Crippen molar-refractivity contribution in [3.63, 3.8) is 0 Å². The van der Waals surface area contributed by atoms with E-state index in [-0.39, 0.29) is 0 Å². The molecule has 0 unspecified atom stereocenters. The number of aromatic nitrogens is 2. The van der Waals surface area contributed by atoms with Crippen LogP contribution in [0.5, 0.6) is 0 Å². The summed E-state index contributed by atoms with van der Waals surface area (Å²) < 4.78 is 2.01. The van der Waals surface area contributed by atoms with E-state index in [1.54, 1.807) is 12.1 Å². The van der Waals surface area contributed by atoms with Crippen LogP contribution in [0.3, 0.4) is 0 Å². The maximum atomic E-state index is 6.10. The van der Waals surface area contributed by atoms with Crippen LogP contribution in [-0.2, 0) is 6.54 Å². The van der Waals surface area contributed by atoms with E-state index >= 15 is 0 Å². The SMILES string of the molecule is CCn1cc(C)nc1Nc1c(Cl)cccc1Cl. The lowest BCUT2D eigenvalue weighted by atomic mass is 10.3. The third-order valence-corrected chi connectivity index (χ3v) is 3.07. The highest BCUT2D eigenvalue weighted by molar-refractivity contribution is 6.39. The van der Waals surface area contributed by atoms with Gasteiger partial charge in [-0.1, -0.05) is 29.3 Å². The molecule has 0 fully saturated rings. The molecule has 90 valence electrons. The van der Waals surface area contributed by atoms with Gasteiger partial charge in [0.1, 0.15) is 0 Å². The van der Waals surface area contributed by atoms with Gasteiger partial charge in [0.15, 0.2) is 0 Å². The van der Waals surface area contributed by atoms with Gasteiger partial charge in [-0.05, 0) is 26.0 Å². The molecule has 0 atom stereocenters. The molecule has 0 radical (unpaired) electrons. The van der Waals surface area contributed by atoms with Crippen LogP contribution in [0.1, 0.15) is 12.6 Å². The molecule has 0 bridgehead atoms. The smallest absolute Gasteiger partial charge is 0.207 e. The van der Waals surface area contributed by atoms with Crippen LogP contribution < -0.4 is 5.32 Å². The van der Waals surface area contributed by atoms with Crippen molar-refractivity contribution in [2.45, 2.75) is 20.4 Å². The summed E-state index contributed by atoms with van der Waals surface area (Å²) in [4.78, 5) is 4.39. The fraction of sp³-hybridized carbons (Fsp3) is 0.250. The number of anilines is 2. The van der Waals surface area contributed by atoms with Crippen molar-refractivity contribution >= 4 is 34.8 Å². The normalized spacial score (nSPS) is 10.6. The molecule has 0 amide bonds. The van der Waals surface area contributed by atoms with Crippen LogP contribution in [0.25, 0.3) is 0 Å². The third kappa shape index (κ3) is 2.56. The number of aryl methyl sites for hydroxylation is 2. The van der Waals surface area contributed by atoms with Gasteiger partial charge in [-0.3, -0.25) is 0 Å². The van der Waals surface area contributed by atoms with Crippen LogP contribution >= 0.6 is 23.2 Å². The number of halogens is 2. The van der Waals surface area contributed by atoms with Crippen LogP contribution in [0.15, 0.2) is 24.4 Å². The summed E-state index contributed by atoms with van der Waals surface area (Å²) in [6.45, 7) is 4.84. The maximum Gasteiger partial charge on any atom is 0.207 e. The van der Waals surface area contributed by atoms with Crippen molar-refractivity contribution in [2.24, 2.45) is 0 Å². The minimum absolute atomic E-state index is 0.584. The number of nitrogens with zero attached hydrogens (tertiary/aromatic N) is 2. The molecule has 2 aromatic rings. The first-order valence-electron chi connectivity index (χ1n) is 5.36. The summed E-state index contributed by atoms with van der Waals surface area (Å²) in [6, 6.07) is 5.40. The van der Waals surface area contributed by atoms with Gasteiger partial charge in [-0.15, -0.1) is 0 Å². The quantitative estimate of drug-likeness (QED) is 0.902. The standard InChI is InChI=1S/C12H13Cl2N3/c1-3-17-7-8(2)15-12(17)16-11-9(13)5-4-6-10(11)14/h4-7H,3H2,1-2H3,(H,15,16). The molecule has 17 heavy (non-hydrogen) atoms. The molecule has 2 rings (SSSR count). The molecule has 1 aromatic carbocycles. The molecule has 0 aliphatic heterocycles. The first kappa shape index (κ1) is 12.3. The number of nitrogens with one attached hydrogen (secondary N) is 1. The van der Waals surface area contributed by atoms with Crippen LogP contribution in [0.2, 0.25) is 10.0 Å². The van der Waals surface area contributed by atoms with E-state index in [2.05, 4.69) is 17.2 Å². The second kappa shape index (κ2) is 4.98. The topological polar surface area (TPSA) is 29.9 Å². The van der Waals surface area contributed by atoms with Gasteiger partial charge in [-0.25, -0.2) is 4.98 Å². The fourth-order valence-corrected chi connectivity index (χ4v) is 2.11. The largest absolute Gasteiger partial charge is 0.323 e. The summed E-state index contributed by atoms with van der Waals surface area (Å²) in [5.74, 6) is 0.750. The Labute approximate surface area is 110 Å². The summed E-state index contributed by atoms with van der Waals surface area (Å²) in [5, 5.41) is 4.34. The van der Waals surface area contributed by atoms with E-state index in [9.17, 15) is 0 Å². The second-order valence-corrected chi connectivity index (χ2v) is 4.53. The highest BCUT2D eigenvalue weighted by Crippen LogP contribution is 2.32. The molecule has 0 aliphatic carbocycles. The zero-order valence-corrected chi connectivity index (χ0v) is 11.2. The molecule has 1 aromatic heterocycles. The van der Waals surface area contributed by atoms with Crippen LogP contribution in [0.4, 0.5) is 11.6 Å². The predicted molar refractivity (Wildman–Crippen MR) is 72.4 cm³/mol. The Morgan fingerprint density at radius 3 is 2.53 bits per heavy atom. The Bertz CT molecular complexity index is 514. The molecular weight excluding hydrogens is 257 g/mol. The zero-order valence-electron chi connectivity index (χ0n) is 9.67. The van der Waals surface area contributed by atoms with Crippen molar-refractivity contribution in [1.82, 2.24) is 9.55 Å². The molecule has 5 heteroatoms. The summed E-state index contributed by atoms with van der Waals surface area (Å²) in [5.41, 5.74) is 1.65. The molecule has 0 spiro atoms. The number of hydrogen-bond acceptors (Lipinski definition) is 2.